The average molecular weight is 301 g/mol. The fourth-order valence-electron chi connectivity index (χ4n) is 1.59. The van der Waals surface area contributed by atoms with Crippen LogP contribution in [0, 0.1) is 5.41 Å². The fourth-order valence-corrected chi connectivity index (χ4v) is 3.02. The molecule has 1 aromatic rings. The zero-order chi connectivity index (χ0) is 15.6. The molecule has 0 aliphatic rings. The maximum Gasteiger partial charge on any atom is 0.322 e. The van der Waals surface area contributed by atoms with Gasteiger partial charge in [-0.1, -0.05) is 26.8 Å². The van der Waals surface area contributed by atoms with Crippen molar-refractivity contribution in [3.05, 3.63) is 24.3 Å². The minimum atomic E-state index is -3.93. The highest BCUT2D eigenvalue weighted by atomic mass is 32.2. The molecule has 1 unspecified atom stereocenters. The summed E-state index contributed by atoms with van der Waals surface area (Å²) in [6.45, 7) is 4.96. The number of ether oxygens (including phenoxy) is 1. The van der Waals surface area contributed by atoms with Crippen LogP contribution >= 0.6 is 0 Å². The first-order valence-corrected chi connectivity index (χ1v) is 7.45. The third-order valence-electron chi connectivity index (χ3n) is 2.74. The molecule has 0 bridgehead atoms. The van der Waals surface area contributed by atoms with Gasteiger partial charge in [0.25, 0.3) is 0 Å². The Bertz CT molecular complexity index is 589. The molecule has 20 heavy (non-hydrogen) atoms. The summed E-state index contributed by atoms with van der Waals surface area (Å²) in [4.78, 5) is 11.2. The Hall–Kier alpha value is -1.60. The van der Waals surface area contributed by atoms with Crippen molar-refractivity contribution in [2.45, 2.75) is 31.7 Å². The summed E-state index contributed by atoms with van der Waals surface area (Å²) < 4.78 is 31.6. The summed E-state index contributed by atoms with van der Waals surface area (Å²) >= 11 is 0. The predicted molar refractivity (Wildman–Crippen MR) is 74.2 cm³/mol. The Labute approximate surface area is 118 Å². The van der Waals surface area contributed by atoms with Crippen LogP contribution in [0.2, 0.25) is 0 Å². The molecular formula is C13H19NO5S. The molecule has 0 aliphatic heterocycles. The summed E-state index contributed by atoms with van der Waals surface area (Å²) in [6, 6.07) is 4.63. The molecule has 1 aromatic carbocycles. The van der Waals surface area contributed by atoms with Crippen LogP contribution in [-0.4, -0.2) is 32.6 Å². The van der Waals surface area contributed by atoms with Crippen LogP contribution in [0.1, 0.15) is 20.8 Å². The molecule has 0 radical (unpaired) electrons. The highest BCUT2D eigenvalue weighted by Gasteiger charge is 2.35. The summed E-state index contributed by atoms with van der Waals surface area (Å²) in [7, 11) is -2.51. The lowest BCUT2D eigenvalue weighted by Crippen LogP contribution is -2.48. The SMILES string of the molecule is COc1cccc(S(=O)(=O)NC(C(=O)O)C(C)(C)C)c1. The largest absolute Gasteiger partial charge is 0.497 e. The number of benzene rings is 1. The van der Waals surface area contributed by atoms with E-state index in [1.54, 1.807) is 26.8 Å². The number of methoxy groups -OCH3 is 1. The summed E-state index contributed by atoms with van der Waals surface area (Å²) in [5.41, 5.74) is -0.752. The Kier molecular flexibility index (Phi) is 4.77. The summed E-state index contributed by atoms with van der Waals surface area (Å²) in [6.07, 6.45) is 0. The van der Waals surface area contributed by atoms with Crippen molar-refractivity contribution in [2.24, 2.45) is 5.41 Å². The quantitative estimate of drug-likeness (QED) is 0.859. The Morgan fingerprint density at radius 1 is 1.35 bits per heavy atom. The minimum absolute atomic E-state index is 0.0349. The first-order valence-electron chi connectivity index (χ1n) is 5.97. The molecule has 0 spiro atoms. The van der Waals surface area contributed by atoms with Gasteiger partial charge in [0.15, 0.2) is 0 Å². The van der Waals surface area contributed by atoms with Crippen molar-refractivity contribution in [3.63, 3.8) is 0 Å². The third-order valence-corrected chi connectivity index (χ3v) is 4.16. The van der Waals surface area contributed by atoms with Gasteiger partial charge in [0.1, 0.15) is 11.8 Å². The number of hydrogen-bond acceptors (Lipinski definition) is 4. The highest BCUT2D eigenvalue weighted by Crippen LogP contribution is 2.23. The first kappa shape index (κ1) is 16.5. The maximum absolute atomic E-state index is 12.2. The lowest BCUT2D eigenvalue weighted by atomic mass is 9.88. The van der Waals surface area contributed by atoms with Crippen molar-refractivity contribution in [3.8, 4) is 5.75 Å². The van der Waals surface area contributed by atoms with Crippen LogP contribution in [0.15, 0.2) is 29.2 Å². The highest BCUT2D eigenvalue weighted by molar-refractivity contribution is 7.89. The van der Waals surface area contributed by atoms with Gasteiger partial charge >= 0.3 is 5.97 Å². The van der Waals surface area contributed by atoms with E-state index in [0.717, 1.165) is 0 Å². The van der Waals surface area contributed by atoms with Crippen LogP contribution < -0.4 is 9.46 Å². The molecule has 0 saturated heterocycles. The lowest BCUT2D eigenvalue weighted by molar-refractivity contribution is -0.141. The second-order valence-corrected chi connectivity index (χ2v) is 7.15. The molecule has 6 nitrogen and oxygen atoms in total. The number of rotatable bonds is 5. The monoisotopic (exact) mass is 301 g/mol. The second-order valence-electron chi connectivity index (χ2n) is 5.44. The van der Waals surface area contributed by atoms with E-state index in [1.807, 2.05) is 0 Å². The van der Waals surface area contributed by atoms with Crippen molar-refractivity contribution < 1.29 is 23.1 Å². The van der Waals surface area contributed by atoms with Crippen molar-refractivity contribution >= 4 is 16.0 Å². The van der Waals surface area contributed by atoms with E-state index in [4.69, 9.17) is 9.84 Å². The van der Waals surface area contributed by atoms with Crippen LogP contribution in [0.5, 0.6) is 5.75 Å². The van der Waals surface area contributed by atoms with Crippen molar-refractivity contribution in [1.29, 1.82) is 0 Å². The van der Waals surface area contributed by atoms with Gasteiger partial charge in [-0.3, -0.25) is 4.79 Å². The summed E-state index contributed by atoms with van der Waals surface area (Å²) in [5.74, 6) is -0.834. The van der Waals surface area contributed by atoms with E-state index >= 15 is 0 Å². The predicted octanol–water partition coefficient (Wildman–Crippen LogP) is 1.47. The van der Waals surface area contributed by atoms with Crippen LogP contribution in [0.25, 0.3) is 0 Å². The van der Waals surface area contributed by atoms with Gasteiger partial charge in [-0.2, -0.15) is 4.72 Å². The molecule has 0 saturated carbocycles. The van der Waals surface area contributed by atoms with Crippen molar-refractivity contribution in [2.75, 3.05) is 7.11 Å². The van der Waals surface area contributed by atoms with Gasteiger partial charge in [0.2, 0.25) is 10.0 Å². The normalized spacial score (nSPS) is 13.8. The van der Waals surface area contributed by atoms with Crippen LogP contribution in [0.4, 0.5) is 0 Å². The number of aliphatic carboxylic acids is 1. The fraction of sp³-hybridized carbons (Fsp3) is 0.462. The zero-order valence-corrected chi connectivity index (χ0v) is 12.7. The molecule has 0 heterocycles. The molecule has 112 valence electrons. The number of carboxylic acid groups (broad SMARTS) is 1. The first-order chi connectivity index (χ1) is 9.08. The van der Waals surface area contributed by atoms with Crippen LogP contribution in [0.3, 0.4) is 0 Å². The number of carbonyl (C=O) groups is 1. The molecule has 2 N–H and O–H groups in total. The van der Waals surface area contributed by atoms with E-state index in [9.17, 15) is 13.2 Å². The van der Waals surface area contributed by atoms with E-state index in [-0.39, 0.29) is 4.90 Å². The number of hydrogen-bond donors (Lipinski definition) is 2. The Balaban J connectivity index is 3.13. The third kappa shape index (κ3) is 3.94. The molecular weight excluding hydrogens is 282 g/mol. The topological polar surface area (TPSA) is 92.7 Å². The minimum Gasteiger partial charge on any atom is -0.497 e. The second kappa shape index (κ2) is 5.80. The standard InChI is InChI=1S/C13H19NO5S/c1-13(2,3)11(12(15)16)14-20(17,18)10-7-5-6-9(8-10)19-4/h5-8,11,14H,1-4H3,(H,15,16). The number of sulfonamides is 1. The number of nitrogens with one attached hydrogen (secondary N) is 1. The molecule has 0 aromatic heterocycles. The average Bonchev–Trinajstić information content (AvgIpc) is 2.34. The molecule has 0 amide bonds. The molecule has 1 atom stereocenters. The smallest absolute Gasteiger partial charge is 0.322 e. The Morgan fingerprint density at radius 3 is 2.40 bits per heavy atom. The van der Waals surface area contributed by atoms with Crippen molar-refractivity contribution in [1.82, 2.24) is 4.72 Å². The summed E-state index contributed by atoms with van der Waals surface area (Å²) in [5, 5.41) is 9.17. The van der Waals surface area contributed by atoms with Gasteiger partial charge in [0.05, 0.1) is 12.0 Å². The van der Waals surface area contributed by atoms with Gasteiger partial charge in [-0.15, -0.1) is 0 Å². The molecule has 7 heteroatoms. The van der Waals surface area contributed by atoms with Gasteiger partial charge in [-0.25, -0.2) is 8.42 Å². The number of carboxylic acids is 1. The molecule has 0 aliphatic carbocycles. The van der Waals surface area contributed by atoms with E-state index in [2.05, 4.69) is 4.72 Å². The zero-order valence-electron chi connectivity index (χ0n) is 11.9. The van der Waals surface area contributed by atoms with Gasteiger partial charge in [-0.05, 0) is 17.5 Å². The van der Waals surface area contributed by atoms with Gasteiger partial charge in [0, 0.05) is 6.07 Å². The van der Waals surface area contributed by atoms with E-state index in [1.165, 1.54) is 25.3 Å². The van der Waals surface area contributed by atoms with Crippen LogP contribution in [-0.2, 0) is 14.8 Å². The molecule has 0 fully saturated rings. The Morgan fingerprint density at radius 2 is 1.95 bits per heavy atom. The lowest BCUT2D eigenvalue weighted by Gasteiger charge is -2.27. The van der Waals surface area contributed by atoms with E-state index in [0.29, 0.717) is 5.75 Å². The van der Waals surface area contributed by atoms with E-state index < -0.39 is 27.4 Å². The molecule has 1 rings (SSSR count). The van der Waals surface area contributed by atoms with Gasteiger partial charge < -0.3 is 9.84 Å². The maximum atomic E-state index is 12.2.